The summed E-state index contributed by atoms with van der Waals surface area (Å²) in [6.07, 6.45) is 4.13. The lowest BCUT2D eigenvalue weighted by molar-refractivity contribution is 0.350. The van der Waals surface area contributed by atoms with E-state index in [1.807, 2.05) is 12.1 Å². The summed E-state index contributed by atoms with van der Waals surface area (Å²) in [6.45, 7) is 11.9. The molecule has 1 aliphatic rings. The van der Waals surface area contributed by atoms with E-state index in [-0.39, 0.29) is 0 Å². The quantitative estimate of drug-likeness (QED) is 0.729. The minimum Gasteiger partial charge on any atom is -0.467 e. The number of anilines is 1. The fourth-order valence-electron chi connectivity index (χ4n) is 3.39. The van der Waals surface area contributed by atoms with Crippen LogP contribution in [-0.4, -0.2) is 33.1 Å². The van der Waals surface area contributed by atoms with Crippen molar-refractivity contribution < 1.29 is 4.42 Å². The van der Waals surface area contributed by atoms with Crippen LogP contribution in [0.1, 0.15) is 46.3 Å². The summed E-state index contributed by atoms with van der Waals surface area (Å²) in [4.78, 5) is 2.40. The molecule has 3 atom stereocenters. The molecular formula is C18H28N4OS. The summed E-state index contributed by atoms with van der Waals surface area (Å²) in [5.41, 5.74) is 0. The normalized spacial score (nSPS) is 22.8. The molecule has 0 radical (unpaired) electrons. The van der Waals surface area contributed by atoms with Crippen molar-refractivity contribution in [1.82, 2.24) is 14.8 Å². The summed E-state index contributed by atoms with van der Waals surface area (Å²) in [5.74, 6) is 3.30. The van der Waals surface area contributed by atoms with Crippen LogP contribution < -0.4 is 4.90 Å². The Kier molecular flexibility index (Phi) is 5.54. The molecule has 2 aromatic heterocycles. The smallest absolute Gasteiger partial charge is 0.228 e. The lowest BCUT2D eigenvalue weighted by Crippen LogP contribution is -2.40. The van der Waals surface area contributed by atoms with Gasteiger partial charge in [-0.25, -0.2) is 0 Å². The molecule has 5 nitrogen and oxygen atoms in total. The summed E-state index contributed by atoms with van der Waals surface area (Å²) in [6, 6.07) is 3.95. The second-order valence-corrected chi connectivity index (χ2v) is 8.54. The number of hydrogen-bond donors (Lipinski definition) is 0. The van der Waals surface area contributed by atoms with Gasteiger partial charge in [-0.15, -0.1) is 10.2 Å². The molecule has 3 unspecified atom stereocenters. The van der Waals surface area contributed by atoms with Crippen LogP contribution in [0.15, 0.2) is 28.0 Å². The maximum atomic E-state index is 5.57. The van der Waals surface area contributed by atoms with Gasteiger partial charge in [0.1, 0.15) is 5.76 Å². The minimum absolute atomic E-state index is 0.525. The number of aromatic nitrogens is 3. The zero-order valence-electron chi connectivity index (χ0n) is 15.1. The Morgan fingerprint density at radius 2 is 2.04 bits per heavy atom. The molecule has 1 saturated heterocycles. The van der Waals surface area contributed by atoms with Crippen LogP contribution in [0.3, 0.4) is 0 Å². The molecule has 0 aromatic carbocycles. The van der Waals surface area contributed by atoms with Crippen LogP contribution >= 0.6 is 11.8 Å². The molecule has 0 N–H and O–H groups in total. The van der Waals surface area contributed by atoms with Crippen molar-refractivity contribution in [3.8, 4) is 0 Å². The first-order chi connectivity index (χ1) is 11.6. The average molecular weight is 349 g/mol. The average Bonchev–Trinajstić information content (AvgIpc) is 3.17. The van der Waals surface area contributed by atoms with E-state index in [1.165, 1.54) is 6.42 Å². The number of hydrogen-bond acceptors (Lipinski definition) is 5. The van der Waals surface area contributed by atoms with E-state index in [1.54, 1.807) is 18.0 Å². The molecule has 1 aliphatic heterocycles. The second-order valence-electron chi connectivity index (χ2n) is 7.14. The largest absolute Gasteiger partial charge is 0.467 e. The van der Waals surface area contributed by atoms with E-state index in [0.29, 0.717) is 23.6 Å². The Morgan fingerprint density at radius 1 is 1.29 bits per heavy atom. The molecule has 0 saturated carbocycles. The molecule has 0 bridgehead atoms. The monoisotopic (exact) mass is 348 g/mol. The maximum Gasteiger partial charge on any atom is 0.228 e. The predicted molar refractivity (Wildman–Crippen MR) is 98.6 cm³/mol. The van der Waals surface area contributed by atoms with Crippen LogP contribution in [0.4, 0.5) is 5.95 Å². The lowest BCUT2D eigenvalue weighted by Gasteiger charge is -2.35. The van der Waals surface area contributed by atoms with Gasteiger partial charge in [-0.2, -0.15) is 0 Å². The fraction of sp³-hybridized carbons (Fsp3) is 0.667. The molecule has 24 heavy (non-hydrogen) atoms. The van der Waals surface area contributed by atoms with Crippen LogP contribution in [-0.2, 0) is 6.54 Å². The number of rotatable bonds is 6. The highest BCUT2D eigenvalue weighted by molar-refractivity contribution is 7.99. The predicted octanol–water partition coefficient (Wildman–Crippen LogP) is 4.29. The van der Waals surface area contributed by atoms with Crippen LogP contribution in [0.2, 0.25) is 0 Å². The Morgan fingerprint density at radius 3 is 2.67 bits per heavy atom. The third kappa shape index (κ3) is 3.97. The number of thioether (sulfide) groups is 1. The van der Waals surface area contributed by atoms with Gasteiger partial charge in [0, 0.05) is 18.3 Å². The van der Waals surface area contributed by atoms with Gasteiger partial charge in [0.15, 0.2) is 5.16 Å². The van der Waals surface area contributed by atoms with Gasteiger partial charge in [-0.1, -0.05) is 39.5 Å². The number of nitrogens with zero attached hydrogens (tertiary/aromatic N) is 4. The Labute approximate surface area is 148 Å². The van der Waals surface area contributed by atoms with E-state index in [0.717, 1.165) is 36.4 Å². The fourth-order valence-corrected chi connectivity index (χ4v) is 4.28. The number of piperidine rings is 1. The van der Waals surface area contributed by atoms with Crippen molar-refractivity contribution in [1.29, 1.82) is 0 Å². The second kappa shape index (κ2) is 7.64. The molecule has 3 rings (SSSR count). The van der Waals surface area contributed by atoms with E-state index in [2.05, 4.69) is 47.4 Å². The van der Waals surface area contributed by atoms with Crippen molar-refractivity contribution in [2.75, 3.05) is 18.0 Å². The third-order valence-electron chi connectivity index (χ3n) is 4.62. The molecule has 0 spiro atoms. The van der Waals surface area contributed by atoms with E-state index >= 15 is 0 Å². The van der Waals surface area contributed by atoms with E-state index < -0.39 is 0 Å². The first-order valence-electron chi connectivity index (χ1n) is 8.94. The zero-order chi connectivity index (χ0) is 17.1. The molecule has 0 amide bonds. The van der Waals surface area contributed by atoms with Gasteiger partial charge in [-0.05, 0) is 36.8 Å². The van der Waals surface area contributed by atoms with Gasteiger partial charge in [-0.3, -0.25) is 4.57 Å². The van der Waals surface area contributed by atoms with Crippen LogP contribution in [0.5, 0.6) is 0 Å². The van der Waals surface area contributed by atoms with E-state index in [4.69, 9.17) is 4.42 Å². The SMILES string of the molecule is CCC(C)Sc1nnc(N2CC(C)CC(C)C2)n1Cc1ccco1. The molecule has 1 fully saturated rings. The topological polar surface area (TPSA) is 47.1 Å². The summed E-state index contributed by atoms with van der Waals surface area (Å²) in [5, 5.41) is 10.6. The Hall–Kier alpha value is -1.43. The van der Waals surface area contributed by atoms with Crippen LogP contribution in [0, 0.1) is 11.8 Å². The van der Waals surface area contributed by atoms with Crippen molar-refractivity contribution in [2.45, 2.75) is 57.5 Å². The van der Waals surface area contributed by atoms with Gasteiger partial charge >= 0.3 is 0 Å². The maximum absolute atomic E-state index is 5.57. The molecule has 0 aliphatic carbocycles. The molecule has 132 valence electrons. The Balaban J connectivity index is 1.89. The van der Waals surface area contributed by atoms with Crippen molar-refractivity contribution in [3.05, 3.63) is 24.2 Å². The first kappa shape index (κ1) is 17.4. The van der Waals surface area contributed by atoms with Gasteiger partial charge in [0.25, 0.3) is 0 Å². The van der Waals surface area contributed by atoms with Crippen molar-refractivity contribution in [2.24, 2.45) is 11.8 Å². The number of furan rings is 1. The minimum atomic E-state index is 0.525. The van der Waals surface area contributed by atoms with Gasteiger partial charge in [0.2, 0.25) is 5.95 Å². The van der Waals surface area contributed by atoms with E-state index in [9.17, 15) is 0 Å². The molecule has 6 heteroatoms. The molecular weight excluding hydrogens is 320 g/mol. The first-order valence-corrected chi connectivity index (χ1v) is 9.82. The molecule has 3 heterocycles. The standard InChI is InChI=1S/C18H28N4OS/c1-5-15(4)24-18-20-19-17(21-10-13(2)9-14(3)11-21)22(18)12-16-7-6-8-23-16/h6-8,13-15H,5,9-12H2,1-4H3. The van der Waals surface area contributed by atoms with Gasteiger partial charge in [0.05, 0.1) is 12.8 Å². The summed E-state index contributed by atoms with van der Waals surface area (Å²) >= 11 is 1.80. The summed E-state index contributed by atoms with van der Waals surface area (Å²) in [7, 11) is 0. The Bertz CT molecular complexity index is 629. The van der Waals surface area contributed by atoms with Crippen LogP contribution in [0.25, 0.3) is 0 Å². The molecule has 2 aromatic rings. The summed E-state index contributed by atoms with van der Waals surface area (Å²) < 4.78 is 7.80. The third-order valence-corrected chi connectivity index (χ3v) is 5.87. The van der Waals surface area contributed by atoms with Gasteiger partial charge < -0.3 is 9.32 Å². The van der Waals surface area contributed by atoms with Crippen molar-refractivity contribution in [3.63, 3.8) is 0 Å². The highest BCUT2D eigenvalue weighted by atomic mass is 32.2. The highest BCUT2D eigenvalue weighted by Crippen LogP contribution is 2.31. The zero-order valence-corrected chi connectivity index (χ0v) is 15.9. The highest BCUT2D eigenvalue weighted by Gasteiger charge is 2.27. The lowest BCUT2D eigenvalue weighted by atomic mass is 9.92. The van der Waals surface area contributed by atoms with Crippen molar-refractivity contribution >= 4 is 17.7 Å².